The largest absolute Gasteiger partial charge is 0.355 e. The van der Waals surface area contributed by atoms with Crippen molar-refractivity contribution in [3.63, 3.8) is 0 Å². The van der Waals surface area contributed by atoms with Gasteiger partial charge in [0.1, 0.15) is 5.82 Å². The molecule has 2 heterocycles. The third kappa shape index (κ3) is 2.55. The first kappa shape index (κ1) is 13.8. The molecule has 5 heteroatoms. The first-order valence-electron chi connectivity index (χ1n) is 7.46. The van der Waals surface area contributed by atoms with Gasteiger partial charge in [0.25, 0.3) is 11.5 Å². The zero-order valence-corrected chi connectivity index (χ0v) is 12.2. The highest BCUT2D eigenvalue weighted by Gasteiger charge is 2.14. The zero-order valence-electron chi connectivity index (χ0n) is 12.2. The van der Waals surface area contributed by atoms with E-state index in [4.69, 9.17) is 0 Å². The van der Waals surface area contributed by atoms with Crippen LogP contribution in [0.5, 0.6) is 0 Å². The average molecular weight is 285 g/mol. The molecule has 1 aliphatic heterocycles. The smallest absolute Gasteiger partial charge is 0.261 e. The van der Waals surface area contributed by atoms with E-state index in [1.54, 1.807) is 29.8 Å². The summed E-state index contributed by atoms with van der Waals surface area (Å²) in [7, 11) is 1.59. The summed E-state index contributed by atoms with van der Waals surface area (Å²) >= 11 is 0. The lowest BCUT2D eigenvalue weighted by Gasteiger charge is -2.16. The summed E-state index contributed by atoms with van der Waals surface area (Å²) < 4.78 is 1.81. The van der Waals surface area contributed by atoms with Gasteiger partial charge in [0, 0.05) is 25.6 Å². The maximum atomic E-state index is 12.6. The topological polar surface area (TPSA) is 64.0 Å². The van der Waals surface area contributed by atoms with Crippen LogP contribution >= 0.6 is 0 Å². The molecule has 21 heavy (non-hydrogen) atoms. The highest BCUT2D eigenvalue weighted by atomic mass is 16.1. The van der Waals surface area contributed by atoms with Gasteiger partial charge in [0.15, 0.2) is 0 Å². The molecule has 0 radical (unpaired) electrons. The minimum atomic E-state index is -0.162. The molecule has 0 atom stereocenters. The monoisotopic (exact) mass is 285 g/mol. The van der Waals surface area contributed by atoms with Gasteiger partial charge >= 0.3 is 0 Å². The molecule has 110 valence electrons. The maximum Gasteiger partial charge on any atom is 0.261 e. The van der Waals surface area contributed by atoms with Crippen LogP contribution in [0.2, 0.25) is 0 Å². The average Bonchev–Trinajstić information content (AvgIpc) is 2.48. The Morgan fingerprint density at radius 3 is 2.86 bits per heavy atom. The van der Waals surface area contributed by atoms with E-state index < -0.39 is 0 Å². The lowest BCUT2D eigenvalue weighted by molar-refractivity contribution is 0.0963. The number of nitrogens with zero attached hydrogens (tertiary/aromatic N) is 2. The van der Waals surface area contributed by atoms with Crippen LogP contribution in [0.15, 0.2) is 23.0 Å². The second kappa shape index (κ2) is 5.68. The molecule has 0 fully saturated rings. The molecule has 0 unspecified atom stereocenters. The summed E-state index contributed by atoms with van der Waals surface area (Å²) in [5.41, 5.74) is 1.17. The molecule has 3 rings (SSSR count). The molecule has 0 saturated heterocycles. The fraction of sp³-hybridized carbons (Fsp3) is 0.438. The van der Waals surface area contributed by atoms with Crippen LogP contribution in [-0.4, -0.2) is 22.5 Å². The van der Waals surface area contributed by atoms with Gasteiger partial charge in [-0.3, -0.25) is 14.2 Å². The summed E-state index contributed by atoms with van der Waals surface area (Å²) in [6, 6.07) is 5.09. The molecule has 1 amide bonds. The number of aryl methyl sites for hydroxylation is 1. The normalized spacial score (nSPS) is 15.1. The number of rotatable bonds is 1. The standard InChI is InChI=1S/C16H19N3O2/c1-17-15(20)11-7-8-12-13(10-11)18-14-6-4-2-3-5-9-19(14)16(12)21/h7-8,10H,2-6,9H2,1H3,(H,17,20). The fourth-order valence-electron chi connectivity index (χ4n) is 2.88. The van der Waals surface area contributed by atoms with Crippen molar-refractivity contribution in [2.24, 2.45) is 0 Å². The number of aromatic nitrogens is 2. The lowest BCUT2D eigenvalue weighted by atomic mass is 10.1. The summed E-state index contributed by atoms with van der Waals surface area (Å²) in [6.45, 7) is 0.744. The fourth-order valence-corrected chi connectivity index (χ4v) is 2.88. The molecular formula is C16H19N3O2. The Morgan fingerprint density at radius 1 is 1.24 bits per heavy atom. The number of amides is 1. The van der Waals surface area contributed by atoms with Gasteiger partial charge in [-0.1, -0.05) is 12.8 Å². The quantitative estimate of drug-likeness (QED) is 0.870. The van der Waals surface area contributed by atoms with Crippen LogP contribution in [-0.2, 0) is 13.0 Å². The summed E-state index contributed by atoms with van der Waals surface area (Å²) in [5, 5.41) is 3.18. The first-order valence-corrected chi connectivity index (χ1v) is 7.46. The van der Waals surface area contributed by atoms with E-state index in [1.807, 2.05) is 0 Å². The summed E-state index contributed by atoms with van der Waals surface area (Å²) in [5.74, 6) is 0.687. The Balaban J connectivity index is 2.18. The number of fused-ring (bicyclic) bond motifs is 2. The van der Waals surface area contributed by atoms with Crippen molar-refractivity contribution in [3.05, 3.63) is 39.9 Å². The number of hydrogen-bond acceptors (Lipinski definition) is 3. The van der Waals surface area contributed by atoms with Crippen LogP contribution in [0.4, 0.5) is 0 Å². The van der Waals surface area contributed by atoms with E-state index in [2.05, 4.69) is 10.3 Å². The summed E-state index contributed by atoms with van der Waals surface area (Å²) in [6.07, 6.45) is 5.27. The molecule has 0 spiro atoms. The third-order valence-corrected chi connectivity index (χ3v) is 4.06. The minimum Gasteiger partial charge on any atom is -0.355 e. The van der Waals surface area contributed by atoms with Gasteiger partial charge in [-0.25, -0.2) is 4.98 Å². The van der Waals surface area contributed by atoms with Gasteiger partial charge in [-0.05, 0) is 31.0 Å². The molecule has 1 N–H and O–H groups in total. The van der Waals surface area contributed by atoms with Crippen molar-refractivity contribution in [3.8, 4) is 0 Å². The van der Waals surface area contributed by atoms with E-state index in [-0.39, 0.29) is 11.5 Å². The van der Waals surface area contributed by atoms with E-state index in [0.29, 0.717) is 16.5 Å². The molecule has 0 bridgehead atoms. The van der Waals surface area contributed by atoms with Crippen molar-refractivity contribution < 1.29 is 4.79 Å². The van der Waals surface area contributed by atoms with Crippen LogP contribution in [0, 0.1) is 0 Å². The number of benzene rings is 1. The Hall–Kier alpha value is -2.17. The third-order valence-electron chi connectivity index (χ3n) is 4.06. The molecular weight excluding hydrogens is 266 g/mol. The highest BCUT2D eigenvalue weighted by Crippen LogP contribution is 2.16. The maximum absolute atomic E-state index is 12.6. The minimum absolute atomic E-state index is 0.0142. The lowest BCUT2D eigenvalue weighted by Crippen LogP contribution is -2.27. The molecule has 0 saturated carbocycles. The van der Waals surface area contributed by atoms with E-state index >= 15 is 0 Å². The number of nitrogens with one attached hydrogen (secondary N) is 1. The van der Waals surface area contributed by atoms with Gasteiger partial charge in [-0.15, -0.1) is 0 Å². The Morgan fingerprint density at radius 2 is 2.05 bits per heavy atom. The molecule has 1 aromatic carbocycles. The van der Waals surface area contributed by atoms with Gasteiger partial charge in [0.05, 0.1) is 10.9 Å². The molecule has 0 aliphatic carbocycles. The van der Waals surface area contributed by atoms with E-state index in [9.17, 15) is 9.59 Å². The van der Waals surface area contributed by atoms with Crippen molar-refractivity contribution in [1.82, 2.24) is 14.9 Å². The SMILES string of the molecule is CNC(=O)c1ccc2c(=O)n3c(nc2c1)CCCCCC3. The van der Waals surface area contributed by atoms with Crippen LogP contribution in [0.3, 0.4) is 0 Å². The van der Waals surface area contributed by atoms with Crippen molar-refractivity contribution in [2.75, 3.05) is 7.05 Å². The Kier molecular flexibility index (Phi) is 3.73. The first-order chi connectivity index (χ1) is 10.2. The van der Waals surface area contributed by atoms with Gasteiger partial charge in [0.2, 0.25) is 0 Å². The summed E-state index contributed by atoms with van der Waals surface area (Å²) in [4.78, 5) is 29.0. The molecule has 1 aliphatic rings. The highest BCUT2D eigenvalue weighted by molar-refractivity contribution is 5.97. The van der Waals surface area contributed by atoms with E-state index in [1.165, 1.54) is 12.8 Å². The Labute approximate surface area is 123 Å². The van der Waals surface area contributed by atoms with Crippen LogP contribution < -0.4 is 10.9 Å². The second-order valence-electron chi connectivity index (χ2n) is 5.46. The van der Waals surface area contributed by atoms with Crippen molar-refractivity contribution >= 4 is 16.8 Å². The van der Waals surface area contributed by atoms with Crippen LogP contribution in [0.1, 0.15) is 41.9 Å². The predicted molar refractivity (Wildman–Crippen MR) is 81.6 cm³/mol. The number of hydrogen-bond donors (Lipinski definition) is 1. The number of carbonyl (C=O) groups excluding carboxylic acids is 1. The molecule has 5 nitrogen and oxygen atoms in total. The van der Waals surface area contributed by atoms with Gasteiger partial charge < -0.3 is 5.32 Å². The zero-order chi connectivity index (χ0) is 14.8. The van der Waals surface area contributed by atoms with Crippen molar-refractivity contribution in [1.29, 1.82) is 0 Å². The van der Waals surface area contributed by atoms with E-state index in [0.717, 1.165) is 31.6 Å². The Bertz CT molecular complexity index is 749. The molecule has 2 aromatic rings. The number of carbonyl (C=O) groups is 1. The predicted octanol–water partition coefficient (Wildman–Crippen LogP) is 1.87. The second-order valence-corrected chi connectivity index (χ2v) is 5.46. The van der Waals surface area contributed by atoms with Gasteiger partial charge in [-0.2, -0.15) is 0 Å². The van der Waals surface area contributed by atoms with Crippen molar-refractivity contribution in [2.45, 2.75) is 38.6 Å². The van der Waals surface area contributed by atoms with Crippen LogP contribution in [0.25, 0.3) is 10.9 Å². The molecule has 1 aromatic heterocycles.